The number of ether oxygens (including phenoxy) is 1. The standard InChI is InChI=1S/C67H93FN12O15/c1-8-44-33-47(95-28-14-13-27-69)23-24-48(44)45-21-19-42(20-22-45)32-52(62(90)75-51(59(72)87)18-12-9-15-43-30-37(2)29-38(3)31-43)77-63(91)53(34-56(85)86)76-60(88)39(4)74-64(92)57(40(5)81)79-66(94)67(7,35-46-16-10-11-17-49(46)68)80-65(93)58(41(6)82)78-55(84)36-73-61(89)50(70)25-26-54(71)83/h10-11,16-17,19-24,29-31,33,39-41,50-53,57-58,81-82H,8-9,12-15,18,25-28,32,34-36,69-70H2,1-7H3,(H2,71,83)(H2,72,87)(H,73,89)(H,74,92)(H,75,90)(H,76,88)(H,77,91)(H,78,84)(H,79,94)(H,80,93)(H,85,86)/t39-,40+,41+,50-,51-,52-,53-,57-,58-,67-/m0/s1. The number of hydrogen-bond donors (Lipinski definition) is 15. The molecule has 0 fully saturated rings. The van der Waals surface area contributed by atoms with Gasteiger partial charge in [-0.25, -0.2) is 4.39 Å². The van der Waals surface area contributed by atoms with E-state index in [4.69, 9.17) is 27.7 Å². The molecule has 95 heavy (non-hydrogen) atoms. The van der Waals surface area contributed by atoms with E-state index >= 15 is 4.39 Å². The summed E-state index contributed by atoms with van der Waals surface area (Å²) in [5.41, 5.74) is 26.5. The topological polar surface area (TPSA) is 458 Å². The first-order valence-electron chi connectivity index (χ1n) is 31.5. The SMILES string of the molecule is CCc1cc(OCCCCN)ccc1-c1ccc(C[C@H](NC(=O)[C@H](CC(=O)O)NC(=O)[C@H](C)NC(=O)[C@@H](NC(=O)[C@](C)(Cc2ccccc2F)NC(=O)[C@@H](NC(=O)CNC(=O)[C@@H](N)CCC(N)=O)[C@@H](C)O)[C@@H](C)O)C(=O)N[C@@H](CCCCc2cc(C)cc(C)c2)C(N)=O)cc1. The number of carboxylic acids is 1. The number of halogens is 1. The van der Waals surface area contributed by atoms with Crippen LogP contribution in [0.25, 0.3) is 11.1 Å². The highest BCUT2D eigenvalue weighted by Crippen LogP contribution is 2.29. The van der Waals surface area contributed by atoms with Gasteiger partial charge in [0, 0.05) is 19.3 Å². The van der Waals surface area contributed by atoms with Crippen LogP contribution >= 0.6 is 0 Å². The van der Waals surface area contributed by atoms with Crippen molar-refractivity contribution in [2.75, 3.05) is 19.7 Å². The predicted molar refractivity (Wildman–Crippen MR) is 350 cm³/mol. The molecule has 28 heteroatoms. The van der Waals surface area contributed by atoms with E-state index in [9.17, 15) is 68.1 Å². The molecule has 4 rings (SSSR count). The molecule has 4 aromatic rings. The molecule has 10 amide bonds. The molecular formula is C67H93FN12O15. The van der Waals surface area contributed by atoms with Crippen molar-refractivity contribution in [1.29, 1.82) is 0 Å². The minimum atomic E-state index is -2.28. The lowest BCUT2D eigenvalue weighted by Crippen LogP contribution is -2.66. The Morgan fingerprint density at radius 3 is 1.86 bits per heavy atom. The molecule has 0 unspecified atom stereocenters. The fraction of sp³-hybridized carbons (Fsp3) is 0.478. The summed E-state index contributed by atoms with van der Waals surface area (Å²) in [5.74, 6) is -12.0. The van der Waals surface area contributed by atoms with Crippen LogP contribution in [0, 0.1) is 19.7 Å². The summed E-state index contributed by atoms with van der Waals surface area (Å²) < 4.78 is 21.2. The number of aliphatic carboxylic acids is 1. The van der Waals surface area contributed by atoms with E-state index in [2.05, 4.69) is 60.7 Å². The summed E-state index contributed by atoms with van der Waals surface area (Å²) in [7, 11) is 0. The highest BCUT2D eigenvalue weighted by molar-refractivity contribution is 6.00. The molecule has 0 spiro atoms. The van der Waals surface area contributed by atoms with Crippen molar-refractivity contribution in [3.63, 3.8) is 0 Å². The van der Waals surface area contributed by atoms with Crippen molar-refractivity contribution in [2.45, 2.75) is 186 Å². The zero-order chi connectivity index (χ0) is 70.7. The largest absolute Gasteiger partial charge is 0.494 e. The molecule has 0 aliphatic heterocycles. The molecule has 0 radical (unpaired) electrons. The number of aliphatic hydroxyl groups excluding tert-OH is 2. The van der Waals surface area contributed by atoms with Crippen molar-refractivity contribution in [1.82, 2.24) is 42.5 Å². The highest BCUT2D eigenvalue weighted by atomic mass is 19.1. The van der Waals surface area contributed by atoms with Crippen LogP contribution in [0.15, 0.2) is 84.9 Å². The van der Waals surface area contributed by atoms with Crippen LogP contribution < -0.4 is 70.2 Å². The van der Waals surface area contributed by atoms with Gasteiger partial charge in [0.2, 0.25) is 59.1 Å². The summed E-state index contributed by atoms with van der Waals surface area (Å²) in [4.78, 5) is 147. The number of primary amides is 2. The van der Waals surface area contributed by atoms with Crippen molar-refractivity contribution >= 4 is 65.0 Å². The first-order chi connectivity index (χ1) is 44.8. The maximum atomic E-state index is 15.3. The Balaban J connectivity index is 1.57. The number of nitrogens with one attached hydrogen (secondary N) is 8. The Hall–Kier alpha value is -9.38. The van der Waals surface area contributed by atoms with Gasteiger partial charge in [0.05, 0.1) is 37.8 Å². The number of aryl methyl sites for hydroxylation is 4. The van der Waals surface area contributed by atoms with Gasteiger partial charge in [0.25, 0.3) is 0 Å². The number of unbranched alkanes of at least 4 members (excludes halogenated alkanes) is 2. The van der Waals surface area contributed by atoms with Gasteiger partial charge in [-0.2, -0.15) is 0 Å². The number of aliphatic hydroxyl groups is 2. The second-order valence-corrected chi connectivity index (χ2v) is 24.0. The second kappa shape index (κ2) is 38.1. The van der Waals surface area contributed by atoms with Gasteiger partial charge in [-0.1, -0.05) is 91.2 Å². The Kier molecular flexibility index (Phi) is 31.3. The number of rotatable bonds is 40. The van der Waals surface area contributed by atoms with Gasteiger partial charge in [-0.3, -0.25) is 52.7 Å². The lowest BCUT2D eigenvalue weighted by atomic mass is 9.90. The van der Waals surface area contributed by atoms with Gasteiger partial charge in [0.1, 0.15) is 53.4 Å². The molecule has 0 saturated heterocycles. The van der Waals surface area contributed by atoms with Crippen molar-refractivity contribution < 1.29 is 77.2 Å². The van der Waals surface area contributed by atoms with Gasteiger partial charge in [-0.15, -0.1) is 0 Å². The smallest absolute Gasteiger partial charge is 0.305 e. The Morgan fingerprint density at radius 2 is 1.26 bits per heavy atom. The lowest BCUT2D eigenvalue weighted by molar-refractivity contribution is -0.142. The van der Waals surface area contributed by atoms with Gasteiger partial charge in [0.15, 0.2) is 0 Å². The average molecular weight is 1330 g/mol. The zero-order valence-electron chi connectivity index (χ0n) is 54.8. The van der Waals surface area contributed by atoms with Gasteiger partial charge in [-0.05, 0) is 145 Å². The average Bonchev–Trinajstić information content (AvgIpc) is 0.826. The number of nitrogens with two attached hydrogens (primary N) is 4. The van der Waals surface area contributed by atoms with Crippen LogP contribution in [-0.4, -0.2) is 160 Å². The Labute approximate surface area is 551 Å². The van der Waals surface area contributed by atoms with Crippen LogP contribution in [0.4, 0.5) is 4.39 Å². The van der Waals surface area contributed by atoms with E-state index in [1.165, 1.54) is 18.2 Å². The molecule has 19 N–H and O–H groups in total. The van der Waals surface area contributed by atoms with E-state index in [0.29, 0.717) is 50.1 Å². The minimum absolute atomic E-state index is 0.139. The molecule has 0 aromatic heterocycles. The fourth-order valence-corrected chi connectivity index (χ4v) is 10.3. The third-order valence-electron chi connectivity index (χ3n) is 15.6. The van der Waals surface area contributed by atoms with E-state index in [0.717, 1.165) is 80.0 Å². The summed E-state index contributed by atoms with van der Waals surface area (Å²) in [6.07, 6.45) is -1.47. The molecule has 27 nitrogen and oxygen atoms in total. The van der Waals surface area contributed by atoms with E-state index in [1.807, 2.05) is 51.1 Å². The summed E-state index contributed by atoms with van der Waals surface area (Å²) in [5, 5.41) is 50.6. The molecule has 0 aliphatic rings. The monoisotopic (exact) mass is 1320 g/mol. The van der Waals surface area contributed by atoms with Crippen LogP contribution in [-0.2, 0) is 78.4 Å². The van der Waals surface area contributed by atoms with Gasteiger partial charge < -0.3 is 85.5 Å². The first kappa shape index (κ1) is 78.1. The molecular weight excluding hydrogens is 1230 g/mol. The Bertz CT molecular complexity index is 3310. The third-order valence-corrected chi connectivity index (χ3v) is 15.6. The molecule has 0 heterocycles. The quantitative estimate of drug-likeness (QED) is 0.0265. The lowest BCUT2D eigenvalue weighted by Gasteiger charge is -2.34. The second-order valence-electron chi connectivity index (χ2n) is 24.0. The predicted octanol–water partition coefficient (Wildman–Crippen LogP) is 0.222. The maximum Gasteiger partial charge on any atom is 0.305 e. The summed E-state index contributed by atoms with van der Waals surface area (Å²) in [6, 6.07) is 12.9. The van der Waals surface area contributed by atoms with Crippen LogP contribution in [0.5, 0.6) is 5.75 Å². The van der Waals surface area contributed by atoms with Gasteiger partial charge >= 0.3 is 5.97 Å². The fourth-order valence-electron chi connectivity index (χ4n) is 10.3. The van der Waals surface area contributed by atoms with E-state index in [-0.39, 0.29) is 31.2 Å². The van der Waals surface area contributed by atoms with Crippen molar-refractivity contribution in [2.24, 2.45) is 22.9 Å². The van der Waals surface area contributed by atoms with E-state index < -0.39 is 150 Å². The third kappa shape index (κ3) is 25.8. The maximum absolute atomic E-state index is 15.3. The van der Waals surface area contributed by atoms with E-state index in [1.54, 1.807) is 12.1 Å². The van der Waals surface area contributed by atoms with Crippen molar-refractivity contribution in [3.05, 3.63) is 124 Å². The highest BCUT2D eigenvalue weighted by Gasteiger charge is 2.42. The summed E-state index contributed by atoms with van der Waals surface area (Å²) >= 11 is 0. The number of benzene rings is 4. The number of carbonyl (C=O) groups excluding carboxylic acids is 10. The molecule has 0 bridgehead atoms. The molecule has 0 aliphatic carbocycles. The Morgan fingerprint density at radius 1 is 0.642 bits per heavy atom. The number of carboxylic acid groups (broad SMARTS) is 1. The number of carbonyl (C=O) groups is 11. The van der Waals surface area contributed by atoms with Crippen LogP contribution in [0.1, 0.15) is 119 Å². The summed E-state index contributed by atoms with van der Waals surface area (Å²) in [6.45, 7) is 10.7. The number of hydrogen-bond acceptors (Lipinski definition) is 16. The van der Waals surface area contributed by atoms with Crippen molar-refractivity contribution in [3.8, 4) is 16.9 Å². The minimum Gasteiger partial charge on any atom is -0.494 e. The van der Waals surface area contributed by atoms with Crippen LogP contribution in [0.2, 0.25) is 0 Å². The number of amides is 10. The molecule has 0 saturated carbocycles. The molecule has 518 valence electrons. The zero-order valence-corrected chi connectivity index (χ0v) is 54.8. The molecule has 4 aromatic carbocycles. The normalized spacial score (nSPS) is 14.6. The first-order valence-corrected chi connectivity index (χ1v) is 31.5. The molecule has 10 atom stereocenters. The van der Waals surface area contributed by atoms with Crippen LogP contribution in [0.3, 0.4) is 0 Å².